The maximum Gasteiger partial charge on any atom is 0.223 e. The number of para-hydroxylation sites is 1. The van der Waals surface area contributed by atoms with Crippen molar-refractivity contribution in [3.8, 4) is 0 Å². The summed E-state index contributed by atoms with van der Waals surface area (Å²) in [4.78, 5) is 23.7. The van der Waals surface area contributed by atoms with E-state index in [1.807, 2.05) is 11.0 Å². The summed E-state index contributed by atoms with van der Waals surface area (Å²) in [7, 11) is 0. The highest BCUT2D eigenvalue weighted by Gasteiger charge is 2.35. The molecule has 1 atom stereocenters. The number of amides is 1. The minimum Gasteiger partial charge on any atom is -0.366 e. The summed E-state index contributed by atoms with van der Waals surface area (Å²) in [6.07, 6.45) is 3.44. The van der Waals surface area contributed by atoms with Crippen LogP contribution in [0.1, 0.15) is 12.8 Å². The normalized spacial score (nSPS) is 23.2. The fourth-order valence-corrected chi connectivity index (χ4v) is 3.29. The largest absolute Gasteiger partial charge is 0.366 e. The molecule has 1 unspecified atom stereocenters. The molecule has 1 aromatic heterocycles. The van der Waals surface area contributed by atoms with Gasteiger partial charge in [0, 0.05) is 32.1 Å². The number of benzene rings is 1. The molecule has 4 rings (SSSR count). The predicted octanol–water partition coefficient (Wildman–Crippen LogP) is 1.37. The number of aromatic amines is 1. The molecule has 1 N–H and O–H groups in total. The van der Waals surface area contributed by atoms with Crippen molar-refractivity contribution < 1.29 is 4.79 Å². The Morgan fingerprint density at radius 2 is 2.26 bits per heavy atom. The Kier molecular flexibility index (Phi) is 2.27. The number of carbonyl (C=O) groups is 1. The minimum atomic E-state index is 0.322. The molecule has 0 bridgehead atoms. The number of fused-ring (bicyclic) bond motifs is 2. The zero-order valence-corrected chi connectivity index (χ0v) is 10.7. The van der Waals surface area contributed by atoms with Crippen LogP contribution in [0, 0.1) is 0 Å². The number of hydrogen-bond acceptors (Lipinski definition) is 3. The van der Waals surface area contributed by atoms with E-state index in [-0.39, 0.29) is 0 Å². The molecule has 2 fully saturated rings. The van der Waals surface area contributed by atoms with E-state index in [9.17, 15) is 4.79 Å². The van der Waals surface area contributed by atoms with Gasteiger partial charge in [0.2, 0.25) is 5.91 Å². The maximum absolute atomic E-state index is 11.7. The van der Waals surface area contributed by atoms with Crippen LogP contribution in [0.4, 0.5) is 5.69 Å². The van der Waals surface area contributed by atoms with E-state index < -0.39 is 0 Å². The summed E-state index contributed by atoms with van der Waals surface area (Å²) < 4.78 is 0. The minimum absolute atomic E-state index is 0.322. The lowest BCUT2D eigenvalue weighted by Gasteiger charge is -2.38. The van der Waals surface area contributed by atoms with Crippen molar-refractivity contribution >= 4 is 22.6 Å². The van der Waals surface area contributed by atoms with Gasteiger partial charge >= 0.3 is 0 Å². The lowest BCUT2D eigenvalue weighted by molar-refractivity contribution is -0.129. The summed E-state index contributed by atoms with van der Waals surface area (Å²) in [5.74, 6) is 0.322. The number of H-pyrrole nitrogens is 1. The number of piperazine rings is 1. The van der Waals surface area contributed by atoms with Crippen LogP contribution in [0.25, 0.3) is 11.0 Å². The van der Waals surface area contributed by atoms with Gasteiger partial charge in [-0.05, 0) is 18.6 Å². The van der Waals surface area contributed by atoms with Crippen molar-refractivity contribution in [3.05, 3.63) is 24.5 Å². The van der Waals surface area contributed by atoms with E-state index in [0.717, 1.165) is 37.1 Å². The van der Waals surface area contributed by atoms with E-state index in [2.05, 4.69) is 27.0 Å². The fraction of sp³-hybridized carbons (Fsp3) is 0.429. The van der Waals surface area contributed by atoms with E-state index in [1.165, 1.54) is 5.69 Å². The zero-order chi connectivity index (χ0) is 12.8. The van der Waals surface area contributed by atoms with Crippen LogP contribution in [-0.2, 0) is 4.79 Å². The Morgan fingerprint density at radius 3 is 3.21 bits per heavy atom. The summed E-state index contributed by atoms with van der Waals surface area (Å²) in [6.45, 7) is 2.66. The number of carbonyl (C=O) groups excluding carboxylic acids is 1. The van der Waals surface area contributed by atoms with Gasteiger partial charge in [0.25, 0.3) is 0 Å². The number of nitrogens with zero attached hydrogens (tertiary/aromatic N) is 3. The van der Waals surface area contributed by atoms with E-state index in [0.29, 0.717) is 18.4 Å². The van der Waals surface area contributed by atoms with E-state index >= 15 is 0 Å². The monoisotopic (exact) mass is 256 g/mol. The van der Waals surface area contributed by atoms with Crippen LogP contribution in [-0.4, -0.2) is 46.5 Å². The van der Waals surface area contributed by atoms with E-state index in [4.69, 9.17) is 0 Å². The quantitative estimate of drug-likeness (QED) is 0.838. The van der Waals surface area contributed by atoms with Crippen LogP contribution in [0.15, 0.2) is 24.5 Å². The third-order valence-corrected chi connectivity index (χ3v) is 4.26. The smallest absolute Gasteiger partial charge is 0.223 e. The molecule has 2 saturated heterocycles. The molecule has 0 saturated carbocycles. The average molecular weight is 256 g/mol. The van der Waals surface area contributed by atoms with Crippen molar-refractivity contribution in [1.82, 2.24) is 14.9 Å². The third kappa shape index (κ3) is 1.61. The predicted molar refractivity (Wildman–Crippen MR) is 73.0 cm³/mol. The second kappa shape index (κ2) is 3.98. The molecule has 1 amide bonds. The molecule has 2 aliphatic rings. The van der Waals surface area contributed by atoms with Gasteiger partial charge in [-0.1, -0.05) is 6.07 Å². The number of nitrogens with one attached hydrogen (secondary N) is 1. The molecule has 5 heteroatoms. The van der Waals surface area contributed by atoms with Crippen LogP contribution in [0.5, 0.6) is 0 Å². The number of aromatic nitrogens is 2. The van der Waals surface area contributed by atoms with Crippen molar-refractivity contribution in [2.75, 3.05) is 24.5 Å². The summed E-state index contributed by atoms with van der Waals surface area (Å²) in [6, 6.07) is 6.61. The highest BCUT2D eigenvalue weighted by molar-refractivity contribution is 5.88. The SMILES string of the molecule is O=C1CCC2CN(c3cccc4[nH]cnc34)CCN12. The zero-order valence-electron chi connectivity index (χ0n) is 10.7. The number of anilines is 1. The lowest BCUT2D eigenvalue weighted by atomic mass is 10.1. The van der Waals surface area contributed by atoms with E-state index in [1.54, 1.807) is 6.33 Å². The Hall–Kier alpha value is -2.04. The molecule has 98 valence electrons. The maximum atomic E-state index is 11.7. The molecular formula is C14H16N4O. The van der Waals surface area contributed by atoms with Gasteiger partial charge < -0.3 is 14.8 Å². The van der Waals surface area contributed by atoms with Gasteiger partial charge in [-0.3, -0.25) is 4.79 Å². The van der Waals surface area contributed by atoms with Gasteiger partial charge in [0.05, 0.1) is 17.5 Å². The highest BCUT2D eigenvalue weighted by atomic mass is 16.2. The first kappa shape index (κ1) is 10.8. The average Bonchev–Trinajstić information content (AvgIpc) is 3.05. The Morgan fingerprint density at radius 1 is 1.32 bits per heavy atom. The van der Waals surface area contributed by atoms with Gasteiger partial charge in [-0.2, -0.15) is 0 Å². The molecule has 19 heavy (non-hydrogen) atoms. The lowest BCUT2D eigenvalue weighted by Crippen LogP contribution is -2.51. The number of hydrogen-bond donors (Lipinski definition) is 1. The molecule has 0 radical (unpaired) electrons. The molecule has 1 aromatic carbocycles. The van der Waals surface area contributed by atoms with Crippen molar-refractivity contribution in [1.29, 1.82) is 0 Å². The summed E-state index contributed by atoms with van der Waals surface area (Å²) in [5.41, 5.74) is 3.28. The Balaban J connectivity index is 1.67. The molecular weight excluding hydrogens is 240 g/mol. The van der Waals surface area contributed by atoms with Crippen LogP contribution < -0.4 is 4.90 Å². The molecule has 2 aromatic rings. The molecule has 0 aliphatic carbocycles. The second-order valence-electron chi connectivity index (χ2n) is 5.30. The number of imidazole rings is 1. The van der Waals surface area contributed by atoms with Gasteiger partial charge in [-0.25, -0.2) is 4.98 Å². The van der Waals surface area contributed by atoms with Crippen LogP contribution in [0.2, 0.25) is 0 Å². The second-order valence-corrected chi connectivity index (χ2v) is 5.30. The van der Waals surface area contributed by atoms with Crippen LogP contribution >= 0.6 is 0 Å². The summed E-state index contributed by atoms with van der Waals surface area (Å²) >= 11 is 0. The van der Waals surface area contributed by atoms with Crippen molar-refractivity contribution in [2.45, 2.75) is 18.9 Å². The first-order valence-corrected chi connectivity index (χ1v) is 6.79. The van der Waals surface area contributed by atoms with Gasteiger partial charge in [0.1, 0.15) is 5.52 Å². The van der Waals surface area contributed by atoms with Crippen molar-refractivity contribution in [3.63, 3.8) is 0 Å². The summed E-state index contributed by atoms with van der Waals surface area (Å²) in [5, 5.41) is 0. The molecule has 5 nitrogen and oxygen atoms in total. The molecule has 2 aliphatic heterocycles. The topological polar surface area (TPSA) is 52.2 Å². The molecule has 3 heterocycles. The van der Waals surface area contributed by atoms with Crippen molar-refractivity contribution in [2.24, 2.45) is 0 Å². The third-order valence-electron chi connectivity index (χ3n) is 4.26. The van der Waals surface area contributed by atoms with Gasteiger partial charge in [0.15, 0.2) is 0 Å². The molecule has 0 spiro atoms. The fourth-order valence-electron chi connectivity index (χ4n) is 3.29. The Labute approximate surface area is 111 Å². The van der Waals surface area contributed by atoms with Crippen LogP contribution in [0.3, 0.4) is 0 Å². The highest BCUT2D eigenvalue weighted by Crippen LogP contribution is 2.29. The standard InChI is InChI=1S/C14H16N4O/c19-13-5-4-10-8-17(6-7-18(10)13)12-3-1-2-11-14(12)16-9-15-11/h1-3,9-10H,4-8H2,(H,15,16). The first-order valence-electron chi connectivity index (χ1n) is 6.79. The first-order chi connectivity index (χ1) is 9.33. The Bertz CT molecular complexity index is 635. The number of rotatable bonds is 1. The van der Waals surface area contributed by atoms with Gasteiger partial charge in [-0.15, -0.1) is 0 Å².